The molecule has 1 amide bonds. The van der Waals surface area contributed by atoms with Crippen LogP contribution in [0, 0.1) is 5.92 Å². The smallest absolute Gasteiger partial charge is 0.231 e. The van der Waals surface area contributed by atoms with Gasteiger partial charge in [0.25, 0.3) is 0 Å². The monoisotopic (exact) mass is 441 g/mol. The van der Waals surface area contributed by atoms with Crippen molar-refractivity contribution in [2.75, 3.05) is 5.75 Å². The minimum atomic E-state index is -0.231. The number of aromatic amines is 1. The summed E-state index contributed by atoms with van der Waals surface area (Å²) in [6, 6.07) is 14.8. The molecule has 2 aromatic heterocycles. The van der Waals surface area contributed by atoms with E-state index in [1.54, 1.807) is 6.07 Å². The molecule has 0 fully saturated rings. The fraction of sp³-hybridized carbons (Fsp3) is 0.250. The van der Waals surface area contributed by atoms with Crippen molar-refractivity contribution < 1.29 is 4.79 Å². The van der Waals surface area contributed by atoms with Gasteiger partial charge >= 0.3 is 0 Å². The average Bonchev–Trinajstić information content (AvgIpc) is 3.37. The van der Waals surface area contributed by atoms with Crippen LogP contribution < -0.4 is 5.32 Å². The first-order valence-electron chi connectivity index (χ1n) is 9.43. The van der Waals surface area contributed by atoms with Gasteiger partial charge in [-0.15, -0.1) is 5.10 Å². The molecule has 0 aliphatic rings. The number of aromatic nitrogens is 6. The lowest BCUT2D eigenvalue weighted by atomic mass is 10.0. The standard InChI is InChI=1S/C20H20ClN7OS/c1-12(2)18(19-22-14-8-4-5-9-15(14)23-19)24-17(29)11-30-20-25-26-27-28(20)16-10-6-3-7-13(16)21/h3-10,12,18H,11H2,1-2H3,(H,22,23)(H,24,29). The summed E-state index contributed by atoms with van der Waals surface area (Å²) in [5.41, 5.74) is 2.48. The van der Waals surface area contributed by atoms with Crippen LogP contribution in [0.2, 0.25) is 5.02 Å². The number of nitrogens with zero attached hydrogens (tertiary/aromatic N) is 5. The third-order valence-corrected chi connectivity index (χ3v) is 5.78. The topological polar surface area (TPSA) is 101 Å². The van der Waals surface area contributed by atoms with E-state index in [-0.39, 0.29) is 23.6 Å². The number of hydrogen-bond acceptors (Lipinski definition) is 6. The van der Waals surface area contributed by atoms with Gasteiger partial charge in [0.2, 0.25) is 11.1 Å². The van der Waals surface area contributed by atoms with Gasteiger partial charge in [0.15, 0.2) is 0 Å². The largest absolute Gasteiger partial charge is 0.345 e. The fourth-order valence-corrected chi connectivity index (χ4v) is 3.97. The molecule has 4 aromatic rings. The van der Waals surface area contributed by atoms with E-state index in [0.717, 1.165) is 16.9 Å². The number of thioether (sulfide) groups is 1. The molecule has 0 saturated carbocycles. The number of nitrogens with one attached hydrogen (secondary N) is 2. The first-order chi connectivity index (χ1) is 14.5. The maximum Gasteiger partial charge on any atom is 0.231 e. The molecule has 30 heavy (non-hydrogen) atoms. The van der Waals surface area contributed by atoms with Crippen LogP contribution in [0.1, 0.15) is 25.7 Å². The van der Waals surface area contributed by atoms with Gasteiger partial charge in [-0.1, -0.05) is 61.5 Å². The van der Waals surface area contributed by atoms with Crippen molar-refractivity contribution >= 4 is 40.3 Å². The quantitative estimate of drug-likeness (QED) is 0.423. The van der Waals surface area contributed by atoms with Crippen LogP contribution in [-0.2, 0) is 4.79 Å². The molecule has 0 spiro atoms. The van der Waals surface area contributed by atoms with Crippen LogP contribution in [0.3, 0.4) is 0 Å². The molecule has 0 aliphatic carbocycles. The molecule has 4 rings (SSSR count). The molecule has 0 radical (unpaired) electrons. The zero-order valence-corrected chi connectivity index (χ0v) is 18.0. The predicted octanol–water partition coefficient (Wildman–Crippen LogP) is 3.80. The van der Waals surface area contributed by atoms with Crippen molar-refractivity contribution in [2.45, 2.75) is 25.0 Å². The van der Waals surface area contributed by atoms with Crippen LogP contribution in [0.5, 0.6) is 0 Å². The number of carbonyl (C=O) groups is 1. The van der Waals surface area contributed by atoms with Crippen molar-refractivity contribution in [3.05, 3.63) is 59.4 Å². The van der Waals surface area contributed by atoms with Gasteiger partial charge in [0.1, 0.15) is 5.82 Å². The summed E-state index contributed by atoms with van der Waals surface area (Å²) in [7, 11) is 0. The van der Waals surface area contributed by atoms with E-state index >= 15 is 0 Å². The molecule has 2 heterocycles. The Labute approximate surface area is 182 Å². The number of H-pyrrole nitrogens is 1. The van der Waals surface area contributed by atoms with Crippen LogP contribution in [-0.4, -0.2) is 41.8 Å². The minimum Gasteiger partial charge on any atom is -0.345 e. The summed E-state index contributed by atoms with van der Waals surface area (Å²) in [5, 5.41) is 15.8. The van der Waals surface area contributed by atoms with Crippen LogP contribution in [0.25, 0.3) is 16.7 Å². The number of benzene rings is 2. The molecule has 0 bridgehead atoms. The summed E-state index contributed by atoms with van der Waals surface area (Å²) >= 11 is 7.48. The highest BCUT2D eigenvalue weighted by Crippen LogP contribution is 2.25. The zero-order valence-electron chi connectivity index (χ0n) is 16.4. The van der Waals surface area contributed by atoms with E-state index in [9.17, 15) is 4.79 Å². The molecule has 1 atom stereocenters. The highest BCUT2D eigenvalue weighted by molar-refractivity contribution is 7.99. The van der Waals surface area contributed by atoms with E-state index in [2.05, 4.69) is 30.8 Å². The lowest BCUT2D eigenvalue weighted by Crippen LogP contribution is -2.33. The predicted molar refractivity (Wildman–Crippen MR) is 117 cm³/mol. The second-order valence-electron chi connectivity index (χ2n) is 7.04. The summed E-state index contributed by atoms with van der Waals surface area (Å²) in [5.74, 6) is 0.931. The molecule has 0 aliphatic heterocycles. The van der Waals surface area contributed by atoms with Crippen molar-refractivity contribution in [3.8, 4) is 5.69 Å². The Morgan fingerprint density at radius 3 is 2.73 bits per heavy atom. The van der Waals surface area contributed by atoms with Gasteiger partial charge in [-0.3, -0.25) is 4.79 Å². The van der Waals surface area contributed by atoms with Gasteiger partial charge in [-0.05, 0) is 40.6 Å². The molecule has 1 unspecified atom stereocenters. The Hall–Kier alpha value is -2.91. The summed E-state index contributed by atoms with van der Waals surface area (Å²) in [4.78, 5) is 20.6. The molecule has 8 nitrogen and oxygen atoms in total. The van der Waals surface area contributed by atoms with E-state index in [0.29, 0.717) is 15.9 Å². The maximum absolute atomic E-state index is 12.7. The van der Waals surface area contributed by atoms with Crippen LogP contribution in [0.4, 0.5) is 0 Å². The van der Waals surface area contributed by atoms with E-state index in [4.69, 9.17) is 11.6 Å². The number of hydrogen-bond donors (Lipinski definition) is 2. The van der Waals surface area contributed by atoms with Gasteiger partial charge < -0.3 is 10.3 Å². The number of amides is 1. The van der Waals surface area contributed by atoms with Crippen molar-refractivity contribution in [3.63, 3.8) is 0 Å². The third-order valence-electron chi connectivity index (χ3n) is 4.54. The lowest BCUT2D eigenvalue weighted by molar-refractivity contribution is -0.119. The number of carbonyl (C=O) groups excluding carboxylic acids is 1. The Morgan fingerprint density at radius 1 is 1.20 bits per heavy atom. The number of rotatable bonds is 7. The molecular formula is C20H20ClN7OS. The van der Waals surface area contributed by atoms with Gasteiger partial charge in [-0.2, -0.15) is 4.68 Å². The molecule has 154 valence electrons. The van der Waals surface area contributed by atoms with Crippen molar-refractivity contribution in [2.24, 2.45) is 5.92 Å². The number of tetrazole rings is 1. The molecule has 0 saturated heterocycles. The van der Waals surface area contributed by atoms with Crippen molar-refractivity contribution in [1.29, 1.82) is 0 Å². The van der Waals surface area contributed by atoms with Crippen LogP contribution >= 0.6 is 23.4 Å². The highest BCUT2D eigenvalue weighted by Gasteiger charge is 2.22. The second-order valence-corrected chi connectivity index (χ2v) is 8.39. The lowest BCUT2D eigenvalue weighted by Gasteiger charge is -2.20. The first-order valence-corrected chi connectivity index (χ1v) is 10.8. The Balaban J connectivity index is 1.45. The van der Waals surface area contributed by atoms with Gasteiger partial charge in [0, 0.05) is 0 Å². The van der Waals surface area contributed by atoms with Gasteiger partial charge in [0.05, 0.1) is 33.5 Å². The number of imidazole rings is 1. The first kappa shape index (κ1) is 20.4. The van der Waals surface area contributed by atoms with E-state index < -0.39 is 0 Å². The Morgan fingerprint density at radius 2 is 1.97 bits per heavy atom. The number of fused-ring (bicyclic) bond motifs is 1. The SMILES string of the molecule is CC(C)C(NC(=O)CSc1nnnn1-c1ccccc1Cl)c1nc2ccccc2[nH]1. The zero-order chi connectivity index (χ0) is 21.1. The second kappa shape index (κ2) is 8.85. The minimum absolute atomic E-state index is 0.132. The summed E-state index contributed by atoms with van der Waals surface area (Å²) in [6.07, 6.45) is 0. The Kier molecular flexibility index (Phi) is 6.01. The highest BCUT2D eigenvalue weighted by atomic mass is 35.5. The summed E-state index contributed by atoms with van der Waals surface area (Å²) < 4.78 is 1.53. The normalized spacial score (nSPS) is 12.4. The molecule has 10 heteroatoms. The molecule has 2 aromatic carbocycles. The van der Waals surface area contributed by atoms with Gasteiger partial charge in [-0.25, -0.2) is 4.98 Å². The maximum atomic E-state index is 12.7. The summed E-state index contributed by atoms with van der Waals surface area (Å²) in [6.45, 7) is 4.09. The average molecular weight is 442 g/mol. The third kappa shape index (κ3) is 4.31. The van der Waals surface area contributed by atoms with E-state index in [1.807, 2.05) is 56.3 Å². The number of halogens is 1. The van der Waals surface area contributed by atoms with Crippen LogP contribution in [0.15, 0.2) is 53.7 Å². The van der Waals surface area contributed by atoms with Crippen molar-refractivity contribution in [1.82, 2.24) is 35.5 Å². The number of para-hydroxylation sites is 3. The fourth-order valence-electron chi connectivity index (χ4n) is 3.06. The Bertz CT molecular complexity index is 1140. The molecular weight excluding hydrogens is 422 g/mol. The molecule has 2 N–H and O–H groups in total. The van der Waals surface area contributed by atoms with E-state index in [1.165, 1.54) is 16.4 Å².